The van der Waals surface area contributed by atoms with Gasteiger partial charge in [-0.15, -0.1) is 0 Å². The molecule has 4 aromatic heterocycles. The number of nitrogens with zero attached hydrogens (tertiary/aromatic N) is 5. The molecule has 0 aliphatic heterocycles. The predicted molar refractivity (Wildman–Crippen MR) is 147 cm³/mol. The Labute approximate surface area is 225 Å². The van der Waals surface area contributed by atoms with E-state index in [1.54, 1.807) is 73.6 Å². The zero-order chi connectivity index (χ0) is 24.8. The number of aromatic amines is 1. The minimum Gasteiger partial charge on any atom is -0.327 e. The van der Waals surface area contributed by atoms with Crippen LogP contribution in [0.4, 0.5) is 4.39 Å². The summed E-state index contributed by atoms with van der Waals surface area (Å²) in [6.07, 6.45) is 9.83. The highest BCUT2D eigenvalue weighted by atomic mass is 127. The van der Waals surface area contributed by atoms with Gasteiger partial charge >= 0.3 is 0 Å². The van der Waals surface area contributed by atoms with Crippen LogP contribution in [-0.4, -0.2) is 29.5 Å². The minimum atomic E-state index is -0.393. The van der Waals surface area contributed by atoms with Gasteiger partial charge in [0.2, 0.25) is 0 Å². The van der Waals surface area contributed by atoms with Crippen molar-refractivity contribution in [1.29, 1.82) is 0 Å². The lowest BCUT2D eigenvalue weighted by molar-refractivity contribution is 0.626. The smallest absolute Gasteiger partial charge is 0.268 e. The van der Waals surface area contributed by atoms with Crippen LogP contribution in [0.5, 0.6) is 0 Å². The van der Waals surface area contributed by atoms with E-state index in [0.29, 0.717) is 30.0 Å². The molecule has 174 valence electrons. The zero-order valence-corrected chi connectivity index (χ0v) is 22.1. The molecule has 35 heavy (non-hydrogen) atoms. The molecule has 5 rings (SSSR count). The van der Waals surface area contributed by atoms with Crippen LogP contribution in [0.25, 0.3) is 28.5 Å². The second kappa shape index (κ2) is 11.4. The highest BCUT2D eigenvalue weighted by Crippen LogP contribution is 2.17. The third kappa shape index (κ3) is 6.22. The van der Waals surface area contributed by atoms with Crippen molar-refractivity contribution in [2.24, 2.45) is 0 Å². The summed E-state index contributed by atoms with van der Waals surface area (Å²) in [4.78, 5) is 42.5. The van der Waals surface area contributed by atoms with Crippen LogP contribution in [0.2, 0.25) is 0 Å². The van der Waals surface area contributed by atoms with Gasteiger partial charge < -0.3 is 4.98 Å². The summed E-state index contributed by atoms with van der Waals surface area (Å²) < 4.78 is 15.9. The van der Waals surface area contributed by atoms with E-state index in [-0.39, 0.29) is 11.1 Å². The number of hydrogen-bond acceptors (Lipinski definition) is 6. The molecule has 0 radical (unpaired) electrons. The van der Waals surface area contributed by atoms with Gasteiger partial charge in [0.25, 0.3) is 11.1 Å². The molecule has 0 saturated heterocycles. The van der Waals surface area contributed by atoms with E-state index in [1.807, 2.05) is 45.2 Å². The monoisotopic (exact) mass is 692 g/mol. The Kier molecular flexibility index (Phi) is 8.07. The van der Waals surface area contributed by atoms with Crippen LogP contribution in [0.3, 0.4) is 0 Å². The number of pyridine rings is 2. The fourth-order valence-corrected chi connectivity index (χ4v) is 4.06. The van der Waals surface area contributed by atoms with Crippen molar-refractivity contribution in [3.05, 3.63) is 119 Å². The van der Waals surface area contributed by atoms with Crippen molar-refractivity contribution in [2.45, 2.75) is 0 Å². The fourth-order valence-electron chi connectivity index (χ4n) is 2.97. The van der Waals surface area contributed by atoms with Crippen molar-refractivity contribution in [1.82, 2.24) is 29.5 Å². The molecule has 0 amide bonds. The number of aromatic nitrogens is 6. The van der Waals surface area contributed by atoms with E-state index < -0.39 is 5.82 Å². The summed E-state index contributed by atoms with van der Waals surface area (Å²) in [5.74, 6) is 0.734. The summed E-state index contributed by atoms with van der Waals surface area (Å²) >= 11 is 3.93. The second-order valence-corrected chi connectivity index (χ2v) is 9.27. The number of nitrogens with one attached hydrogen (secondary N) is 1. The third-order valence-corrected chi connectivity index (χ3v) is 6.14. The first-order valence-corrected chi connectivity index (χ1v) is 12.2. The Morgan fingerprint density at radius 1 is 0.771 bits per heavy atom. The molecule has 0 aliphatic carbocycles. The molecule has 0 aliphatic rings. The molecule has 4 heterocycles. The SMILES string of the molecule is O=c1[nH]cc(-c2ncccn2)cc1I.O=c1c(I)cc(-c2ncccn2)cn1-c1cccc(F)c1. The van der Waals surface area contributed by atoms with Crippen molar-refractivity contribution >= 4 is 45.2 Å². The van der Waals surface area contributed by atoms with Crippen molar-refractivity contribution in [2.75, 3.05) is 0 Å². The maximum absolute atomic E-state index is 13.4. The quantitative estimate of drug-likeness (QED) is 0.280. The first-order chi connectivity index (χ1) is 16.9. The standard InChI is InChI=1S/C15H9FIN3O.C9H6IN3O/c16-11-3-1-4-12(8-11)20-9-10(7-13(17)15(20)21)14-18-5-2-6-19-14;10-7-4-6(5-13-9(7)14)8-11-2-1-3-12-8/h1-9H;1-5H,(H,13,14). The molecule has 5 aromatic rings. The second-order valence-electron chi connectivity index (χ2n) is 6.94. The maximum atomic E-state index is 13.4. The van der Waals surface area contributed by atoms with E-state index in [9.17, 15) is 14.0 Å². The highest BCUT2D eigenvalue weighted by molar-refractivity contribution is 14.1. The average molecular weight is 692 g/mol. The number of benzene rings is 1. The maximum Gasteiger partial charge on any atom is 0.268 e. The Morgan fingerprint density at radius 2 is 1.37 bits per heavy atom. The van der Waals surface area contributed by atoms with Gasteiger partial charge in [-0.25, -0.2) is 24.3 Å². The van der Waals surface area contributed by atoms with Gasteiger partial charge in [0.05, 0.1) is 12.8 Å². The number of H-pyrrole nitrogens is 1. The Hall–Kier alpha value is -3.33. The molecule has 11 heteroatoms. The molecule has 0 saturated carbocycles. The van der Waals surface area contributed by atoms with E-state index >= 15 is 0 Å². The van der Waals surface area contributed by atoms with Crippen LogP contribution in [-0.2, 0) is 0 Å². The minimum absolute atomic E-state index is 0.0923. The summed E-state index contributed by atoms with van der Waals surface area (Å²) in [6.45, 7) is 0. The normalized spacial score (nSPS) is 10.4. The molecule has 0 bridgehead atoms. The van der Waals surface area contributed by atoms with Crippen LogP contribution in [0.1, 0.15) is 0 Å². The summed E-state index contributed by atoms with van der Waals surface area (Å²) in [7, 11) is 0. The van der Waals surface area contributed by atoms with Gasteiger partial charge in [-0.2, -0.15) is 0 Å². The summed E-state index contributed by atoms with van der Waals surface area (Å²) in [6, 6.07) is 12.8. The first kappa shape index (κ1) is 24.8. The molecule has 0 unspecified atom stereocenters. The van der Waals surface area contributed by atoms with Gasteiger partial charge in [-0.3, -0.25) is 14.2 Å². The Morgan fingerprint density at radius 3 is 1.97 bits per heavy atom. The first-order valence-electron chi connectivity index (χ1n) is 10.0. The zero-order valence-electron chi connectivity index (χ0n) is 17.8. The molecule has 0 fully saturated rings. The van der Waals surface area contributed by atoms with Gasteiger partial charge in [0, 0.05) is 48.3 Å². The lowest BCUT2D eigenvalue weighted by Gasteiger charge is -2.09. The predicted octanol–water partition coefficient (Wildman–Crippen LogP) is 4.47. The Bertz CT molecular complexity index is 1580. The molecule has 1 aromatic carbocycles. The number of hydrogen-bond donors (Lipinski definition) is 1. The molecule has 0 spiro atoms. The largest absolute Gasteiger partial charge is 0.327 e. The lowest BCUT2D eigenvalue weighted by atomic mass is 10.2. The van der Waals surface area contributed by atoms with E-state index in [4.69, 9.17) is 0 Å². The van der Waals surface area contributed by atoms with Crippen molar-refractivity contribution in [3.63, 3.8) is 0 Å². The van der Waals surface area contributed by atoms with Crippen LogP contribution < -0.4 is 11.1 Å². The van der Waals surface area contributed by atoms with Gasteiger partial charge in [0.15, 0.2) is 11.6 Å². The van der Waals surface area contributed by atoms with Gasteiger partial charge in [0.1, 0.15) is 5.82 Å². The molecule has 8 nitrogen and oxygen atoms in total. The number of halogens is 3. The van der Waals surface area contributed by atoms with Gasteiger partial charge in [-0.1, -0.05) is 6.07 Å². The average Bonchev–Trinajstić information content (AvgIpc) is 2.88. The van der Waals surface area contributed by atoms with Crippen molar-refractivity contribution < 1.29 is 4.39 Å². The van der Waals surface area contributed by atoms with E-state index in [2.05, 4.69) is 24.9 Å². The molecule has 1 N–H and O–H groups in total. The van der Waals surface area contributed by atoms with E-state index in [1.165, 1.54) is 16.7 Å². The topological polar surface area (TPSA) is 106 Å². The van der Waals surface area contributed by atoms with Crippen molar-refractivity contribution in [3.8, 4) is 28.5 Å². The molecular formula is C24H15FI2N6O2. The Balaban J connectivity index is 0.000000179. The molecule has 0 atom stereocenters. The van der Waals surface area contributed by atoms with E-state index in [0.717, 1.165) is 5.56 Å². The molecular weight excluding hydrogens is 677 g/mol. The third-order valence-electron chi connectivity index (χ3n) is 4.57. The summed E-state index contributed by atoms with van der Waals surface area (Å²) in [5, 5.41) is 0. The van der Waals surface area contributed by atoms with Gasteiger partial charge in [-0.05, 0) is 87.6 Å². The van der Waals surface area contributed by atoms with Crippen LogP contribution >= 0.6 is 45.2 Å². The van der Waals surface area contributed by atoms with Crippen LogP contribution in [0.15, 0.2) is 95.3 Å². The highest BCUT2D eigenvalue weighted by Gasteiger charge is 2.10. The van der Waals surface area contributed by atoms with Crippen LogP contribution in [0, 0.1) is 13.0 Å². The number of rotatable bonds is 3. The summed E-state index contributed by atoms with van der Waals surface area (Å²) in [5.41, 5.74) is 1.68. The lowest BCUT2D eigenvalue weighted by Crippen LogP contribution is -2.20. The fraction of sp³-hybridized carbons (Fsp3) is 0.